The molecule has 82 valence electrons. The Morgan fingerprint density at radius 1 is 1.19 bits per heavy atom. The van der Waals surface area contributed by atoms with Gasteiger partial charge in [0.15, 0.2) is 0 Å². The van der Waals surface area contributed by atoms with Gasteiger partial charge in [0, 0.05) is 0 Å². The highest BCUT2D eigenvalue weighted by Crippen LogP contribution is 2.24. The predicted molar refractivity (Wildman–Crippen MR) is 67.4 cm³/mol. The maximum absolute atomic E-state index is 11.0. The van der Waals surface area contributed by atoms with E-state index < -0.39 is 0 Å². The first-order chi connectivity index (χ1) is 7.68. The Bertz CT molecular complexity index is 473. The summed E-state index contributed by atoms with van der Waals surface area (Å²) in [5.74, 6) is -0.514. The molecule has 0 spiro atoms. The summed E-state index contributed by atoms with van der Waals surface area (Å²) in [7, 11) is 0. The van der Waals surface area contributed by atoms with E-state index in [1.165, 1.54) is 11.1 Å². The van der Waals surface area contributed by atoms with Crippen molar-refractivity contribution in [1.29, 1.82) is 0 Å². The molecule has 1 heterocycles. The normalized spacial score (nSPS) is 12.3. The minimum atomic E-state index is -0.289. The van der Waals surface area contributed by atoms with Crippen LogP contribution in [0.25, 0.3) is 11.1 Å². The lowest BCUT2D eigenvalue weighted by molar-refractivity contribution is -0.119. The van der Waals surface area contributed by atoms with Gasteiger partial charge in [-0.2, -0.15) is 11.3 Å². The molecule has 1 aromatic heterocycles. The van der Waals surface area contributed by atoms with Gasteiger partial charge in [0.2, 0.25) is 5.91 Å². The van der Waals surface area contributed by atoms with Crippen LogP contribution in [0.15, 0.2) is 41.1 Å². The molecule has 2 aromatic rings. The van der Waals surface area contributed by atoms with E-state index in [1.54, 1.807) is 11.3 Å². The summed E-state index contributed by atoms with van der Waals surface area (Å²) < 4.78 is 0. The molecule has 1 unspecified atom stereocenters. The summed E-state index contributed by atoms with van der Waals surface area (Å²) in [6.45, 7) is 1.82. The third-order valence-corrected chi connectivity index (χ3v) is 3.38. The summed E-state index contributed by atoms with van der Waals surface area (Å²) in [4.78, 5) is 11.0. The van der Waals surface area contributed by atoms with Crippen molar-refractivity contribution in [3.63, 3.8) is 0 Å². The molecule has 2 N–H and O–H groups in total. The maximum atomic E-state index is 11.0. The Labute approximate surface area is 98.7 Å². The fourth-order valence-corrected chi connectivity index (χ4v) is 2.22. The number of amides is 1. The van der Waals surface area contributed by atoms with Gasteiger partial charge in [0.05, 0.1) is 5.92 Å². The first-order valence-electron chi connectivity index (χ1n) is 5.10. The van der Waals surface area contributed by atoms with Crippen molar-refractivity contribution in [2.75, 3.05) is 0 Å². The van der Waals surface area contributed by atoms with Gasteiger partial charge >= 0.3 is 0 Å². The van der Waals surface area contributed by atoms with Crippen LogP contribution in [-0.2, 0) is 4.79 Å². The second-order valence-electron chi connectivity index (χ2n) is 3.76. The molecule has 3 heteroatoms. The highest BCUT2D eigenvalue weighted by atomic mass is 32.1. The van der Waals surface area contributed by atoms with Gasteiger partial charge in [-0.15, -0.1) is 0 Å². The summed E-state index contributed by atoms with van der Waals surface area (Å²) in [6, 6.07) is 10.1. The largest absolute Gasteiger partial charge is 0.369 e. The van der Waals surface area contributed by atoms with Gasteiger partial charge in [-0.3, -0.25) is 4.79 Å². The fourth-order valence-electron chi connectivity index (χ4n) is 1.56. The second kappa shape index (κ2) is 4.49. The molecule has 0 aliphatic heterocycles. The molecule has 0 aliphatic rings. The molecule has 2 nitrogen and oxygen atoms in total. The molecule has 1 amide bonds. The molecule has 2 rings (SSSR count). The first kappa shape index (κ1) is 10.9. The zero-order chi connectivity index (χ0) is 11.5. The number of primary amides is 1. The van der Waals surface area contributed by atoms with Crippen LogP contribution in [0.2, 0.25) is 0 Å². The number of carbonyl (C=O) groups excluding carboxylic acids is 1. The summed E-state index contributed by atoms with van der Waals surface area (Å²) in [5, 5.41) is 4.15. The molecule has 16 heavy (non-hydrogen) atoms. The van der Waals surface area contributed by atoms with Crippen LogP contribution in [0, 0.1) is 0 Å². The zero-order valence-corrected chi connectivity index (χ0v) is 9.83. The van der Waals surface area contributed by atoms with Crippen LogP contribution in [0.1, 0.15) is 18.4 Å². The molecule has 0 fully saturated rings. The number of benzene rings is 1. The van der Waals surface area contributed by atoms with Crippen molar-refractivity contribution in [1.82, 2.24) is 0 Å². The van der Waals surface area contributed by atoms with E-state index in [0.29, 0.717) is 0 Å². The number of nitrogens with two attached hydrogens (primary N) is 1. The zero-order valence-electron chi connectivity index (χ0n) is 9.01. The lowest BCUT2D eigenvalue weighted by atomic mass is 9.98. The van der Waals surface area contributed by atoms with E-state index in [-0.39, 0.29) is 11.8 Å². The Morgan fingerprint density at radius 2 is 1.88 bits per heavy atom. The number of carbonyl (C=O) groups is 1. The maximum Gasteiger partial charge on any atom is 0.224 e. The van der Waals surface area contributed by atoms with Crippen molar-refractivity contribution in [2.24, 2.45) is 5.73 Å². The number of thiophene rings is 1. The SMILES string of the molecule is CC(C(N)=O)c1ccc(-c2ccsc2)cc1. The average molecular weight is 231 g/mol. The minimum absolute atomic E-state index is 0.225. The van der Waals surface area contributed by atoms with E-state index in [2.05, 4.69) is 16.8 Å². The second-order valence-corrected chi connectivity index (χ2v) is 4.54. The smallest absolute Gasteiger partial charge is 0.224 e. The average Bonchev–Trinajstić information content (AvgIpc) is 2.81. The molecule has 0 aliphatic carbocycles. The lowest BCUT2D eigenvalue weighted by Crippen LogP contribution is -2.18. The highest BCUT2D eigenvalue weighted by molar-refractivity contribution is 7.08. The van der Waals surface area contributed by atoms with Crippen LogP contribution in [-0.4, -0.2) is 5.91 Å². The van der Waals surface area contributed by atoms with E-state index in [9.17, 15) is 4.79 Å². The molecule has 1 atom stereocenters. The van der Waals surface area contributed by atoms with Crippen LogP contribution in [0.4, 0.5) is 0 Å². The Balaban J connectivity index is 2.26. The van der Waals surface area contributed by atoms with Crippen LogP contribution in [0.3, 0.4) is 0 Å². The topological polar surface area (TPSA) is 43.1 Å². The summed E-state index contributed by atoms with van der Waals surface area (Å²) in [5.41, 5.74) is 8.61. The monoisotopic (exact) mass is 231 g/mol. The van der Waals surface area contributed by atoms with Crippen LogP contribution >= 0.6 is 11.3 Å². The van der Waals surface area contributed by atoms with Gasteiger partial charge in [0.1, 0.15) is 0 Å². The highest BCUT2D eigenvalue weighted by Gasteiger charge is 2.11. The number of hydrogen-bond donors (Lipinski definition) is 1. The van der Waals surface area contributed by atoms with Crippen molar-refractivity contribution in [3.8, 4) is 11.1 Å². The van der Waals surface area contributed by atoms with E-state index >= 15 is 0 Å². The van der Waals surface area contributed by atoms with Gasteiger partial charge < -0.3 is 5.73 Å². The third kappa shape index (κ3) is 2.14. The molecule has 1 aromatic carbocycles. The van der Waals surface area contributed by atoms with Gasteiger partial charge in [0.25, 0.3) is 0 Å². The fraction of sp³-hybridized carbons (Fsp3) is 0.154. The third-order valence-electron chi connectivity index (χ3n) is 2.69. The quantitative estimate of drug-likeness (QED) is 0.867. The van der Waals surface area contributed by atoms with Crippen molar-refractivity contribution in [2.45, 2.75) is 12.8 Å². The van der Waals surface area contributed by atoms with Crippen molar-refractivity contribution in [3.05, 3.63) is 46.7 Å². The van der Waals surface area contributed by atoms with Crippen molar-refractivity contribution < 1.29 is 4.79 Å². The Hall–Kier alpha value is -1.61. The molecular formula is C13H13NOS. The molecule has 0 bridgehead atoms. The predicted octanol–water partition coefficient (Wildman–Crippen LogP) is 3.00. The molecule has 0 radical (unpaired) electrons. The molecule has 0 saturated carbocycles. The van der Waals surface area contributed by atoms with Crippen LogP contribution < -0.4 is 5.73 Å². The standard InChI is InChI=1S/C13H13NOS/c1-9(13(14)15)10-2-4-11(5-3-10)12-6-7-16-8-12/h2-9H,1H3,(H2,14,15). The first-order valence-corrected chi connectivity index (χ1v) is 6.04. The van der Waals surface area contributed by atoms with Crippen molar-refractivity contribution >= 4 is 17.2 Å². The van der Waals surface area contributed by atoms with E-state index in [1.807, 2.05) is 31.2 Å². The Morgan fingerprint density at radius 3 is 2.38 bits per heavy atom. The Kier molecular flexibility index (Phi) is 3.06. The summed E-state index contributed by atoms with van der Waals surface area (Å²) >= 11 is 1.68. The van der Waals surface area contributed by atoms with E-state index in [4.69, 9.17) is 5.73 Å². The minimum Gasteiger partial charge on any atom is -0.369 e. The molecule has 0 saturated heterocycles. The van der Waals surface area contributed by atoms with Gasteiger partial charge in [-0.05, 0) is 40.4 Å². The van der Waals surface area contributed by atoms with Gasteiger partial charge in [-0.1, -0.05) is 24.3 Å². The van der Waals surface area contributed by atoms with E-state index in [0.717, 1.165) is 5.56 Å². The number of hydrogen-bond acceptors (Lipinski definition) is 2. The lowest BCUT2D eigenvalue weighted by Gasteiger charge is -2.07. The molecular weight excluding hydrogens is 218 g/mol. The number of rotatable bonds is 3. The van der Waals surface area contributed by atoms with Crippen LogP contribution in [0.5, 0.6) is 0 Å². The van der Waals surface area contributed by atoms with Gasteiger partial charge in [-0.25, -0.2) is 0 Å². The summed E-state index contributed by atoms with van der Waals surface area (Å²) in [6.07, 6.45) is 0.